The average molecular weight is 474 g/mol. The van der Waals surface area contributed by atoms with Gasteiger partial charge in [-0.05, 0) is 49.2 Å². The molecule has 33 heavy (non-hydrogen) atoms. The number of methoxy groups -OCH3 is 1. The predicted octanol–water partition coefficient (Wildman–Crippen LogP) is 3.33. The largest absolute Gasteiger partial charge is 0.495 e. The number of hydrogen-bond acceptors (Lipinski definition) is 5. The lowest BCUT2D eigenvalue weighted by atomic mass is 10.1. The molecule has 2 amide bonds. The summed E-state index contributed by atoms with van der Waals surface area (Å²) in [5, 5.41) is 2.87. The second-order valence-electron chi connectivity index (χ2n) is 8.07. The van der Waals surface area contributed by atoms with Gasteiger partial charge in [0.1, 0.15) is 5.75 Å². The van der Waals surface area contributed by atoms with Crippen LogP contribution in [-0.2, 0) is 19.6 Å². The fourth-order valence-corrected chi connectivity index (χ4v) is 5.59. The molecule has 1 aliphatic heterocycles. The van der Waals surface area contributed by atoms with Crippen LogP contribution in [0.5, 0.6) is 5.75 Å². The van der Waals surface area contributed by atoms with E-state index >= 15 is 0 Å². The van der Waals surface area contributed by atoms with Gasteiger partial charge in [-0.25, -0.2) is 8.42 Å². The van der Waals surface area contributed by atoms with Gasteiger partial charge in [0.25, 0.3) is 0 Å². The van der Waals surface area contributed by atoms with Crippen LogP contribution in [0.3, 0.4) is 0 Å². The molecule has 1 fully saturated rings. The molecule has 1 heterocycles. The minimum absolute atomic E-state index is 0.0688. The molecule has 1 N–H and O–H groups in total. The van der Waals surface area contributed by atoms with Gasteiger partial charge in [0.15, 0.2) is 0 Å². The molecule has 8 nitrogen and oxygen atoms in total. The number of carbonyl (C=O) groups excluding carboxylic acids is 2. The van der Waals surface area contributed by atoms with Crippen molar-refractivity contribution in [3.8, 4) is 5.75 Å². The first kappa shape index (κ1) is 24.7. The van der Waals surface area contributed by atoms with E-state index in [1.165, 1.54) is 17.5 Å². The molecule has 0 aromatic heterocycles. The summed E-state index contributed by atoms with van der Waals surface area (Å²) < 4.78 is 32.7. The molecule has 2 aromatic carbocycles. The van der Waals surface area contributed by atoms with E-state index in [0.717, 1.165) is 11.1 Å². The van der Waals surface area contributed by atoms with Crippen molar-refractivity contribution >= 4 is 33.2 Å². The number of sulfonamides is 1. The first-order valence-corrected chi connectivity index (χ1v) is 12.4. The number of nitrogens with one attached hydrogen (secondary N) is 1. The number of anilines is 2. The Balaban J connectivity index is 1.85. The fourth-order valence-electron chi connectivity index (χ4n) is 4.02. The quantitative estimate of drug-likeness (QED) is 0.634. The standard InChI is InChI=1S/C24H31N3O5S/c1-6-26(7-2)33(30,31)19-12-16(3)17(4)20(14-19)25-24(29)18-13-23(28)27(15-18)21-10-8-9-11-22(21)32-5/h8-12,14,18H,6-7,13,15H2,1-5H3,(H,25,29). The number of carbonyl (C=O) groups is 2. The Labute approximate surface area is 195 Å². The summed E-state index contributed by atoms with van der Waals surface area (Å²) in [4.78, 5) is 27.4. The summed E-state index contributed by atoms with van der Waals surface area (Å²) in [6.45, 7) is 8.16. The summed E-state index contributed by atoms with van der Waals surface area (Å²) in [5.74, 6) is -0.482. The summed E-state index contributed by atoms with van der Waals surface area (Å²) in [5.41, 5.74) is 2.61. The molecule has 1 aliphatic rings. The van der Waals surface area contributed by atoms with Gasteiger partial charge in [0, 0.05) is 31.7 Å². The molecular weight excluding hydrogens is 442 g/mol. The number of benzene rings is 2. The minimum atomic E-state index is -3.67. The molecule has 0 radical (unpaired) electrons. The van der Waals surface area contributed by atoms with Gasteiger partial charge < -0.3 is 15.0 Å². The lowest BCUT2D eigenvalue weighted by molar-refractivity contribution is -0.122. The van der Waals surface area contributed by atoms with Gasteiger partial charge in [-0.2, -0.15) is 4.31 Å². The second-order valence-corrected chi connectivity index (χ2v) is 10.0. The van der Waals surface area contributed by atoms with Crippen molar-refractivity contribution in [2.75, 3.05) is 37.0 Å². The van der Waals surface area contributed by atoms with Crippen LogP contribution in [-0.4, -0.2) is 51.3 Å². The molecular formula is C24H31N3O5S. The average Bonchev–Trinajstić information content (AvgIpc) is 3.18. The van der Waals surface area contributed by atoms with Crippen molar-refractivity contribution < 1.29 is 22.7 Å². The fraction of sp³-hybridized carbons (Fsp3) is 0.417. The van der Waals surface area contributed by atoms with E-state index in [4.69, 9.17) is 4.74 Å². The monoisotopic (exact) mass is 473 g/mol. The van der Waals surface area contributed by atoms with Crippen molar-refractivity contribution in [1.29, 1.82) is 0 Å². The molecule has 178 valence electrons. The molecule has 2 aromatic rings. The Kier molecular flexibility index (Phi) is 7.44. The SMILES string of the molecule is CCN(CC)S(=O)(=O)c1cc(C)c(C)c(NC(=O)C2CC(=O)N(c3ccccc3OC)C2)c1. The molecule has 0 bridgehead atoms. The van der Waals surface area contributed by atoms with Crippen LogP contribution >= 0.6 is 0 Å². The van der Waals surface area contributed by atoms with Gasteiger partial charge >= 0.3 is 0 Å². The Morgan fingerprint density at radius 1 is 1.18 bits per heavy atom. The maximum absolute atomic E-state index is 13.1. The smallest absolute Gasteiger partial charge is 0.243 e. The van der Waals surface area contributed by atoms with Crippen LogP contribution < -0.4 is 15.0 Å². The highest BCUT2D eigenvalue weighted by Gasteiger charge is 2.36. The van der Waals surface area contributed by atoms with Crippen LogP contribution in [0, 0.1) is 19.8 Å². The Morgan fingerprint density at radius 2 is 1.85 bits per heavy atom. The first-order chi connectivity index (χ1) is 15.6. The lowest BCUT2D eigenvalue weighted by Crippen LogP contribution is -2.31. The zero-order chi connectivity index (χ0) is 24.3. The van der Waals surface area contributed by atoms with Crippen LogP contribution in [0.15, 0.2) is 41.3 Å². The normalized spacial score (nSPS) is 16.4. The molecule has 3 rings (SSSR count). The van der Waals surface area contributed by atoms with Crippen LogP contribution in [0.25, 0.3) is 0 Å². The molecule has 1 saturated heterocycles. The minimum Gasteiger partial charge on any atom is -0.495 e. The van der Waals surface area contributed by atoms with Crippen LogP contribution in [0.2, 0.25) is 0 Å². The number of ether oxygens (including phenoxy) is 1. The molecule has 0 spiro atoms. The van der Waals surface area contributed by atoms with E-state index in [1.54, 1.807) is 36.9 Å². The van der Waals surface area contributed by atoms with E-state index in [2.05, 4.69) is 5.32 Å². The Morgan fingerprint density at radius 3 is 2.48 bits per heavy atom. The molecule has 1 atom stereocenters. The maximum Gasteiger partial charge on any atom is 0.243 e. The van der Waals surface area contributed by atoms with E-state index in [-0.39, 0.29) is 29.7 Å². The lowest BCUT2D eigenvalue weighted by Gasteiger charge is -2.21. The molecule has 1 unspecified atom stereocenters. The number of nitrogens with zero attached hydrogens (tertiary/aromatic N) is 2. The zero-order valence-electron chi connectivity index (χ0n) is 19.7. The van der Waals surface area contributed by atoms with Crippen molar-refractivity contribution in [1.82, 2.24) is 4.31 Å². The Hall–Kier alpha value is -2.91. The van der Waals surface area contributed by atoms with Crippen LogP contribution in [0.1, 0.15) is 31.4 Å². The van der Waals surface area contributed by atoms with Gasteiger partial charge in [0.2, 0.25) is 21.8 Å². The highest BCUT2D eigenvalue weighted by atomic mass is 32.2. The topological polar surface area (TPSA) is 96.0 Å². The third-order valence-electron chi connectivity index (χ3n) is 6.11. The predicted molar refractivity (Wildman–Crippen MR) is 128 cm³/mol. The molecule has 0 aliphatic carbocycles. The van der Waals surface area contributed by atoms with Crippen LogP contribution in [0.4, 0.5) is 11.4 Å². The third-order valence-corrected chi connectivity index (χ3v) is 8.14. The van der Waals surface area contributed by atoms with Gasteiger partial charge in [-0.3, -0.25) is 9.59 Å². The summed E-state index contributed by atoms with van der Waals surface area (Å²) >= 11 is 0. The summed E-state index contributed by atoms with van der Waals surface area (Å²) in [6, 6.07) is 10.3. The van der Waals surface area contributed by atoms with E-state index in [9.17, 15) is 18.0 Å². The van der Waals surface area contributed by atoms with Crippen molar-refractivity contribution in [2.24, 2.45) is 5.92 Å². The number of hydrogen-bond donors (Lipinski definition) is 1. The van der Waals surface area contributed by atoms with Gasteiger partial charge in [0.05, 0.1) is 23.6 Å². The zero-order valence-corrected chi connectivity index (χ0v) is 20.5. The molecule has 9 heteroatoms. The Bertz CT molecular complexity index is 1160. The second kappa shape index (κ2) is 9.93. The highest BCUT2D eigenvalue weighted by Crippen LogP contribution is 2.33. The van der Waals surface area contributed by atoms with E-state index < -0.39 is 15.9 Å². The highest BCUT2D eigenvalue weighted by molar-refractivity contribution is 7.89. The van der Waals surface area contributed by atoms with E-state index in [0.29, 0.717) is 30.2 Å². The van der Waals surface area contributed by atoms with E-state index in [1.807, 2.05) is 26.0 Å². The van der Waals surface area contributed by atoms with Crippen molar-refractivity contribution in [2.45, 2.75) is 39.0 Å². The number of amides is 2. The number of para-hydroxylation sites is 2. The van der Waals surface area contributed by atoms with Gasteiger partial charge in [-0.1, -0.05) is 26.0 Å². The molecule has 0 saturated carbocycles. The maximum atomic E-state index is 13.1. The third kappa shape index (κ3) is 4.89. The summed E-state index contributed by atoms with van der Waals surface area (Å²) in [7, 11) is -2.14. The van der Waals surface area contributed by atoms with Crippen molar-refractivity contribution in [3.05, 3.63) is 47.5 Å². The first-order valence-electron chi connectivity index (χ1n) is 11.0. The van der Waals surface area contributed by atoms with Crippen molar-refractivity contribution in [3.63, 3.8) is 0 Å². The number of rotatable bonds is 8. The number of aryl methyl sites for hydroxylation is 1. The summed E-state index contributed by atoms with van der Waals surface area (Å²) in [6.07, 6.45) is 0.0688. The van der Waals surface area contributed by atoms with Gasteiger partial charge in [-0.15, -0.1) is 0 Å².